The first-order valence-electron chi connectivity index (χ1n) is 15.3. The van der Waals surface area contributed by atoms with Crippen LogP contribution < -0.4 is 18.9 Å². The molecule has 0 fully saturated rings. The molecule has 44 heavy (non-hydrogen) atoms. The highest BCUT2D eigenvalue weighted by atomic mass is 16.6. The lowest BCUT2D eigenvalue weighted by Gasteiger charge is -2.40. The largest absolute Gasteiger partial charge is 0.494 e. The van der Waals surface area contributed by atoms with Crippen LogP contribution in [-0.2, 0) is 12.8 Å². The highest BCUT2D eigenvalue weighted by Gasteiger charge is 2.35. The number of hydrogen-bond acceptors (Lipinski definition) is 7. The zero-order chi connectivity index (χ0) is 30.6. The molecule has 226 valence electrons. The van der Waals surface area contributed by atoms with E-state index in [2.05, 4.69) is 24.1 Å². The molecule has 0 N–H and O–H groups in total. The molecule has 0 bridgehead atoms. The number of rotatable bonds is 10. The Hall–Kier alpha value is -4.62. The van der Waals surface area contributed by atoms with E-state index in [-0.39, 0.29) is 17.5 Å². The van der Waals surface area contributed by atoms with Crippen LogP contribution in [0.3, 0.4) is 0 Å². The molecule has 2 aliphatic rings. The molecular weight excluding hydrogens is 554 g/mol. The van der Waals surface area contributed by atoms with Crippen LogP contribution in [0.5, 0.6) is 23.0 Å². The van der Waals surface area contributed by atoms with Crippen LogP contribution in [-0.4, -0.2) is 43.6 Å². The number of esters is 2. The van der Waals surface area contributed by atoms with Crippen LogP contribution in [0.1, 0.15) is 70.1 Å². The van der Waals surface area contributed by atoms with Gasteiger partial charge in [0.15, 0.2) is 11.5 Å². The fraction of sp³-hybridized carbons (Fsp3) is 0.297. The van der Waals surface area contributed by atoms with E-state index in [4.69, 9.17) is 18.9 Å². The van der Waals surface area contributed by atoms with Crippen molar-refractivity contribution >= 4 is 11.9 Å². The number of carbonyl (C=O) groups excluding carboxylic acids is 2. The van der Waals surface area contributed by atoms with Gasteiger partial charge in [0.1, 0.15) is 11.5 Å². The minimum Gasteiger partial charge on any atom is -0.494 e. The summed E-state index contributed by atoms with van der Waals surface area (Å²) in [6, 6.07) is 24.0. The Balaban J connectivity index is 1.38. The lowest BCUT2D eigenvalue weighted by atomic mass is 9.77. The van der Waals surface area contributed by atoms with Gasteiger partial charge in [0.25, 0.3) is 0 Å². The Labute approximate surface area is 258 Å². The third-order valence-corrected chi connectivity index (χ3v) is 8.21. The third-order valence-electron chi connectivity index (χ3n) is 8.21. The van der Waals surface area contributed by atoms with Gasteiger partial charge in [-0.2, -0.15) is 0 Å². The van der Waals surface area contributed by atoms with E-state index in [9.17, 15) is 9.59 Å². The lowest BCUT2D eigenvalue weighted by Crippen LogP contribution is -2.35. The van der Waals surface area contributed by atoms with Crippen LogP contribution in [0.15, 0.2) is 78.9 Å². The first-order chi connectivity index (χ1) is 21.5. The van der Waals surface area contributed by atoms with Crippen molar-refractivity contribution in [3.8, 4) is 34.1 Å². The Morgan fingerprint density at radius 3 is 1.98 bits per heavy atom. The smallest absolute Gasteiger partial charge is 0.343 e. The number of hydrogen-bond donors (Lipinski definition) is 0. The Morgan fingerprint density at radius 2 is 1.36 bits per heavy atom. The normalized spacial score (nSPS) is 15.1. The molecular formula is C37H37NO6. The number of carbonyl (C=O) groups is 2. The van der Waals surface area contributed by atoms with E-state index in [1.165, 1.54) is 11.1 Å². The molecule has 4 aromatic carbocycles. The fourth-order valence-electron chi connectivity index (χ4n) is 5.96. The topological polar surface area (TPSA) is 74.3 Å². The van der Waals surface area contributed by atoms with Crippen molar-refractivity contribution in [1.82, 2.24) is 4.90 Å². The summed E-state index contributed by atoms with van der Waals surface area (Å²) in [6.45, 7) is 6.25. The zero-order valence-corrected chi connectivity index (χ0v) is 25.4. The summed E-state index contributed by atoms with van der Waals surface area (Å²) in [4.78, 5) is 29.3. The van der Waals surface area contributed by atoms with Crippen molar-refractivity contribution in [3.05, 3.63) is 107 Å². The number of benzene rings is 4. The summed E-state index contributed by atoms with van der Waals surface area (Å²) in [5, 5.41) is 0. The minimum absolute atomic E-state index is 0.191. The van der Waals surface area contributed by atoms with Gasteiger partial charge in [-0.05, 0) is 110 Å². The van der Waals surface area contributed by atoms with E-state index < -0.39 is 11.9 Å². The maximum absolute atomic E-state index is 13.6. The second-order valence-corrected chi connectivity index (χ2v) is 11.3. The van der Waals surface area contributed by atoms with Gasteiger partial charge >= 0.3 is 11.9 Å². The number of fused-ring (bicyclic) bond motifs is 2. The number of ether oxygens (including phenoxy) is 4. The summed E-state index contributed by atoms with van der Waals surface area (Å²) >= 11 is 0. The van der Waals surface area contributed by atoms with E-state index >= 15 is 0 Å². The predicted octanol–water partition coefficient (Wildman–Crippen LogP) is 7.45. The monoisotopic (exact) mass is 591 g/mol. The van der Waals surface area contributed by atoms with Crippen molar-refractivity contribution in [2.75, 3.05) is 26.8 Å². The third kappa shape index (κ3) is 5.92. The molecule has 0 aromatic heterocycles. The van der Waals surface area contributed by atoms with Crippen molar-refractivity contribution in [1.29, 1.82) is 0 Å². The quantitative estimate of drug-likeness (QED) is 0.140. The predicted molar refractivity (Wildman–Crippen MR) is 169 cm³/mol. The SMILES string of the molecule is CCCOc1ccc(C(=O)Oc2ccc3c(c2OC(=O)c2ccc(OCCC)cc2)-c2cccc4c2[C@H](C3)N(C)CC4)cc1. The molecule has 0 saturated heterocycles. The van der Waals surface area contributed by atoms with Crippen LogP contribution >= 0.6 is 0 Å². The highest BCUT2D eigenvalue weighted by Crippen LogP contribution is 2.51. The van der Waals surface area contributed by atoms with Gasteiger partial charge in [0.05, 0.1) is 24.3 Å². The Morgan fingerprint density at radius 1 is 0.750 bits per heavy atom. The molecule has 6 rings (SSSR count). The summed E-state index contributed by atoms with van der Waals surface area (Å²) in [7, 11) is 2.15. The molecule has 1 aliphatic carbocycles. The molecule has 1 aliphatic heterocycles. The second-order valence-electron chi connectivity index (χ2n) is 11.3. The van der Waals surface area contributed by atoms with Crippen LogP contribution in [0.25, 0.3) is 11.1 Å². The molecule has 0 amide bonds. The van der Waals surface area contributed by atoms with Crippen LogP contribution in [0.2, 0.25) is 0 Å². The maximum Gasteiger partial charge on any atom is 0.343 e. The van der Waals surface area contributed by atoms with Crippen molar-refractivity contribution in [3.63, 3.8) is 0 Å². The lowest BCUT2D eigenvalue weighted by molar-refractivity contribution is 0.0683. The Bertz CT molecular complexity index is 1660. The van der Waals surface area contributed by atoms with Gasteiger partial charge in [-0.25, -0.2) is 9.59 Å². The van der Waals surface area contributed by atoms with E-state index in [1.54, 1.807) is 54.6 Å². The van der Waals surface area contributed by atoms with Crippen molar-refractivity contribution in [2.45, 2.75) is 45.6 Å². The summed E-state index contributed by atoms with van der Waals surface area (Å²) in [5.41, 5.74) is 6.11. The molecule has 0 unspecified atom stereocenters. The van der Waals surface area contributed by atoms with Gasteiger partial charge in [-0.15, -0.1) is 0 Å². The molecule has 1 atom stereocenters. The summed E-state index contributed by atoms with van der Waals surface area (Å²) < 4.78 is 23.5. The minimum atomic E-state index is -0.551. The Kier molecular flexibility index (Phi) is 8.66. The molecule has 1 heterocycles. The average Bonchev–Trinajstić information content (AvgIpc) is 3.05. The van der Waals surface area contributed by atoms with Gasteiger partial charge in [-0.3, -0.25) is 4.90 Å². The van der Waals surface area contributed by atoms with Crippen molar-refractivity contribution < 1.29 is 28.5 Å². The standard InChI is InChI=1S/C37H37NO6/c1-4-21-41-28-14-9-25(10-15-28)36(39)43-32-18-13-27-23-31-33-24(19-20-38(31)3)7-6-8-30(33)34(27)35(32)44-37(40)26-11-16-29(17-12-26)42-22-5-2/h6-18,31H,4-5,19-23H2,1-3H3/t31-/m0/s1. The summed E-state index contributed by atoms with van der Waals surface area (Å²) in [6.07, 6.45) is 3.49. The van der Waals surface area contributed by atoms with Crippen LogP contribution in [0.4, 0.5) is 0 Å². The molecule has 7 nitrogen and oxygen atoms in total. The first kappa shape index (κ1) is 29.5. The van der Waals surface area contributed by atoms with E-state index in [0.29, 0.717) is 35.8 Å². The van der Waals surface area contributed by atoms with Gasteiger partial charge < -0.3 is 18.9 Å². The second kappa shape index (κ2) is 12.9. The molecule has 0 spiro atoms. The molecule has 7 heteroatoms. The zero-order valence-electron chi connectivity index (χ0n) is 25.4. The number of nitrogens with zero attached hydrogens (tertiary/aromatic N) is 1. The maximum atomic E-state index is 13.6. The fourth-order valence-corrected chi connectivity index (χ4v) is 5.96. The highest BCUT2D eigenvalue weighted by molar-refractivity contribution is 5.96. The van der Waals surface area contributed by atoms with Gasteiger partial charge in [-0.1, -0.05) is 38.1 Å². The van der Waals surface area contributed by atoms with E-state index in [1.807, 2.05) is 26.0 Å². The molecule has 4 aromatic rings. The van der Waals surface area contributed by atoms with E-state index in [0.717, 1.165) is 48.9 Å². The number of likely N-dealkylation sites (N-methyl/N-ethyl adjacent to an activating group) is 1. The first-order valence-corrected chi connectivity index (χ1v) is 15.3. The molecule has 0 radical (unpaired) electrons. The molecule has 0 saturated carbocycles. The van der Waals surface area contributed by atoms with Gasteiger partial charge in [0.2, 0.25) is 0 Å². The summed E-state index contributed by atoms with van der Waals surface area (Å²) in [5.74, 6) is 0.717. The van der Waals surface area contributed by atoms with Crippen molar-refractivity contribution in [2.24, 2.45) is 0 Å². The van der Waals surface area contributed by atoms with Gasteiger partial charge in [0, 0.05) is 18.2 Å². The average molecular weight is 592 g/mol. The van der Waals surface area contributed by atoms with Crippen LogP contribution in [0, 0.1) is 0 Å².